The summed E-state index contributed by atoms with van der Waals surface area (Å²) >= 11 is 0. The van der Waals surface area contributed by atoms with Crippen molar-refractivity contribution < 1.29 is 141 Å². The standard InChI is InChI=1S/C36H63N3O29S/c1-10(44)37-13(4-40)30(66-34-20(39-12(3)46)32(24(51)16(6-42)62-34)68-36-29(56)27(54)23(50)18(65-36)9-61-69(57,58)59)21(48)14(47)8-60-33-19(38-11(2)45)25(52)31(17(7-43)64-33)67-35-28(55)26(53)22(49)15(5-41)63-35/h13-36,40-43,47-56H,4-9H2,1-3H3,(H,37,44)(H,38,45)(H,39,46)(H,57,58,59)/t13-,14+,15+,16+,17+,18+,19+,20+,21-,22-,23-,24+,25+,26-,27-,28+,29+,30+,31+,32+,33+,34-,35-,36-/m0/s1. The Bertz CT molecular complexity index is 1760. The van der Waals surface area contributed by atoms with E-state index in [0.717, 1.165) is 20.8 Å². The smallest absolute Gasteiger partial charge is 0.394 e. The van der Waals surface area contributed by atoms with E-state index in [0.29, 0.717) is 0 Å². The van der Waals surface area contributed by atoms with Gasteiger partial charge < -0.3 is 125 Å². The predicted molar refractivity (Wildman–Crippen MR) is 214 cm³/mol. The number of hydrogen-bond donors (Lipinski definition) is 18. The molecule has 3 amide bonds. The molecule has 0 aromatic heterocycles. The molecule has 0 aromatic rings. The Balaban J connectivity index is 1.61. The molecule has 0 radical (unpaired) electrons. The Morgan fingerprint density at radius 3 is 1.57 bits per heavy atom. The predicted octanol–water partition coefficient (Wildman–Crippen LogP) is -12.0. The summed E-state index contributed by atoms with van der Waals surface area (Å²) in [5.41, 5.74) is 0. The maximum absolute atomic E-state index is 12.6. The van der Waals surface area contributed by atoms with E-state index in [2.05, 4.69) is 20.1 Å². The summed E-state index contributed by atoms with van der Waals surface area (Å²) in [4.78, 5) is 37.2. The third-order valence-electron chi connectivity index (χ3n) is 11.4. The number of nitrogens with one attached hydrogen (secondary N) is 3. The van der Waals surface area contributed by atoms with Gasteiger partial charge in [-0.15, -0.1) is 0 Å². The van der Waals surface area contributed by atoms with Gasteiger partial charge in [0.15, 0.2) is 25.2 Å². The van der Waals surface area contributed by atoms with Crippen LogP contribution in [0.25, 0.3) is 0 Å². The van der Waals surface area contributed by atoms with Crippen LogP contribution in [0.5, 0.6) is 0 Å². The van der Waals surface area contributed by atoms with Crippen LogP contribution >= 0.6 is 0 Å². The second-order valence-electron chi connectivity index (χ2n) is 16.5. The summed E-state index contributed by atoms with van der Waals surface area (Å²) in [6.45, 7) is -3.17. The lowest BCUT2D eigenvalue weighted by atomic mass is 9.94. The summed E-state index contributed by atoms with van der Waals surface area (Å²) in [6.07, 6.45) is -40.8. The van der Waals surface area contributed by atoms with Gasteiger partial charge in [0.05, 0.1) is 45.7 Å². The molecule has 0 aliphatic carbocycles. The van der Waals surface area contributed by atoms with Crippen molar-refractivity contribution in [2.45, 2.75) is 168 Å². The molecule has 402 valence electrons. The van der Waals surface area contributed by atoms with Crippen LogP contribution in [-0.2, 0) is 66.9 Å². The lowest BCUT2D eigenvalue weighted by Gasteiger charge is -2.48. The van der Waals surface area contributed by atoms with Gasteiger partial charge in [-0.05, 0) is 0 Å². The fourth-order valence-corrected chi connectivity index (χ4v) is 8.19. The lowest BCUT2D eigenvalue weighted by molar-refractivity contribution is -0.352. The van der Waals surface area contributed by atoms with E-state index in [4.69, 9.17) is 42.4 Å². The van der Waals surface area contributed by atoms with Crippen molar-refractivity contribution in [3.8, 4) is 0 Å². The number of amides is 3. The normalized spacial score (nSPS) is 40.5. The molecule has 33 heteroatoms. The molecular formula is C36H63N3O29S. The number of ether oxygens (including phenoxy) is 8. The Hall–Kier alpha value is -2.60. The minimum absolute atomic E-state index is 0.806. The van der Waals surface area contributed by atoms with Crippen LogP contribution in [0.15, 0.2) is 0 Å². The third-order valence-corrected chi connectivity index (χ3v) is 11.8. The zero-order valence-electron chi connectivity index (χ0n) is 36.9. The number of carbonyl (C=O) groups excluding carboxylic acids is 3. The van der Waals surface area contributed by atoms with Gasteiger partial charge in [-0.2, -0.15) is 8.42 Å². The Morgan fingerprint density at radius 2 is 1.06 bits per heavy atom. The van der Waals surface area contributed by atoms with Gasteiger partial charge in [-0.1, -0.05) is 0 Å². The van der Waals surface area contributed by atoms with Gasteiger partial charge in [0.2, 0.25) is 17.7 Å². The monoisotopic (exact) mass is 1030 g/mol. The molecule has 0 saturated carbocycles. The Morgan fingerprint density at radius 1 is 0.580 bits per heavy atom. The van der Waals surface area contributed by atoms with Crippen molar-refractivity contribution >= 4 is 28.1 Å². The van der Waals surface area contributed by atoms with Crippen LogP contribution in [0.3, 0.4) is 0 Å². The maximum atomic E-state index is 12.6. The fraction of sp³-hybridized carbons (Fsp3) is 0.917. The van der Waals surface area contributed by atoms with Gasteiger partial charge in [0.25, 0.3) is 0 Å². The van der Waals surface area contributed by atoms with Crippen molar-refractivity contribution in [3.05, 3.63) is 0 Å². The minimum Gasteiger partial charge on any atom is -0.394 e. The van der Waals surface area contributed by atoms with Crippen LogP contribution < -0.4 is 16.0 Å². The summed E-state index contributed by atoms with van der Waals surface area (Å²) in [5.74, 6) is -2.56. The van der Waals surface area contributed by atoms with Crippen LogP contribution in [0.1, 0.15) is 20.8 Å². The van der Waals surface area contributed by atoms with E-state index < -0.39 is 215 Å². The first kappa shape index (κ1) is 59.0. The van der Waals surface area contributed by atoms with Crippen LogP contribution in [0.2, 0.25) is 0 Å². The quantitative estimate of drug-likeness (QED) is 0.0448. The number of aliphatic hydroxyl groups excluding tert-OH is 14. The van der Waals surface area contributed by atoms with Crippen molar-refractivity contribution in [2.75, 3.05) is 39.6 Å². The Kier molecular flexibility index (Phi) is 22.1. The van der Waals surface area contributed by atoms with Crippen molar-refractivity contribution in [1.29, 1.82) is 0 Å². The molecule has 32 nitrogen and oxygen atoms in total. The van der Waals surface area contributed by atoms with E-state index in [9.17, 15) is 94.3 Å². The second kappa shape index (κ2) is 25.9. The molecule has 0 bridgehead atoms. The van der Waals surface area contributed by atoms with Crippen molar-refractivity contribution in [1.82, 2.24) is 16.0 Å². The number of carbonyl (C=O) groups is 3. The average molecular weight is 1030 g/mol. The van der Waals surface area contributed by atoms with E-state index in [1.807, 2.05) is 0 Å². The molecule has 4 aliphatic rings. The molecule has 18 N–H and O–H groups in total. The van der Waals surface area contributed by atoms with Crippen LogP contribution in [-0.4, -0.2) is 289 Å². The van der Waals surface area contributed by atoms with Crippen molar-refractivity contribution in [3.63, 3.8) is 0 Å². The molecular weight excluding hydrogens is 970 g/mol. The first-order chi connectivity index (χ1) is 32.3. The van der Waals surface area contributed by atoms with Gasteiger partial charge in [-0.25, -0.2) is 4.18 Å². The highest BCUT2D eigenvalue weighted by molar-refractivity contribution is 7.80. The molecule has 4 fully saturated rings. The molecule has 0 spiro atoms. The number of rotatable bonds is 22. The zero-order chi connectivity index (χ0) is 51.8. The lowest BCUT2D eigenvalue weighted by Crippen LogP contribution is -2.69. The summed E-state index contributed by atoms with van der Waals surface area (Å²) in [6, 6.07) is -5.19. The third kappa shape index (κ3) is 15.0. The molecule has 4 rings (SSSR count). The molecule has 4 heterocycles. The zero-order valence-corrected chi connectivity index (χ0v) is 37.7. The van der Waals surface area contributed by atoms with E-state index >= 15 is 0 Å². The summed E-state index contributed by atoms with van der Waals surface area (Å²) in [7, 11) is -5.14. The van der Waals surface area contributed by atoms with E-state index in [-0.39, 0.29) is 0 Å². The second-order valence-corrected chi connectivity index (χ2v) is 17.6. The topological polar surface area (TPSA) is 508 Å². The average Bonchev–Trinajstić information content (AvgIpc) is 3.28. The minimum atomic E-state index is -5.14. The van der Waals surface area contributed by atoms with Crippen LogP contribution in [0.4, 0.5) is 0 Å². The first-order valence-corrected chi connectivity index (χ1v) is 22.5. The highest BCUT2D eigenvalue weighted by Gasteiger charge is 2.55. The largest absolute Gasteiger partial charge is 0.397 e. The number of aliphatic hydroxyl groups is 14. The molecule has 0 aromatic carbocycles. The highest BCUT2D eigenvalue weighted by atomic mass is 32.3. The SMILES string of the molecule is CC(=O)N[C@H]1[C@H](OC[C@@H](O)[C@H](O)[C@H](O[C@@H]2O[C@H](CO)[C@@H](O)[C@H](O[C@@H]3O[C@H](COS(=O)(=O)O)[C@H](O)[C@H](O)[C@H]3O)[C@H]2NC(C)=O)[C@H](CO)NC(C)=O)O[C@H](CO)[C@@H](O[C@@H]2O[C@H](CO)[C@H](O)[C@H](O)[C@H]2O)[C@@H]1O. The molecule has 4 saturated heterocycles. The summed E-state index contributed by atoms with van der Waals surface area (Å²) in [5, 5.41) is 156. The summed E-state index contributed by atoms with van der Waals surface area (Å²) < 4.78 is 80.9. The molecule has 24 atom stereocenters. The van der Waals surface area contributed by atoms with Gasteiger partial charge >= 0.3 is 10.4 Å². The van der Waals surface area contributed by atoms with E-state index in [1.165, 1.54) is 0 Å². The Labute approximate surface area is 392 Å². The number of hydrogen-bond acceptors (Lipinski definition) is 28. The maximum Gasteiger partial charge on any atom is 0.397 e. The highest BCUT2D eigenvalue weighted by Crippen LogP contribution is 2.33. The molecule has 0 unspecified atom stereocenters. The van der Waals surface area contributed by atoms with Gasteiger partial charge in [-0.3, -0.25) is 18.9 Å². The van der Waals surface area contributed by atoms with Gasteiger partial charge in [0, 0.05) is 20.8 Å². The first-order valence-electron chi connectivity index (χ1n) is 21.2. The van der Waals surface area contributed by atoms with E-state index in [1.54, 1.807) is 0 Å². The molecule has 69 heavy (non-hydrogen) atoms. The van der Waals surface area contributed by atoms with Crippen LogP contribution in [0, 0.1) is 0 Å². The molecule has 4 aliphatic heterocycles. The van der Waals surface area contributed by atoms with Crippen molar-refractivity contribution in [2.24, 2.45) is 0 Å². The fourth-order valence-electron chi connectivity index (χ4n) is 7.88. The van der Waals surface area contributed by atoms with Gasteiger partial charge in [0.1, 0.15) is 116 Å².